The Morgan fingerprint density at radius 3 is 3.00 bits per heavy atom. The van der Waals surface area contributed by atoms with Crippen LogP contribution in [-0.4, -0.2) is 11.7 Å². The first-order valence-corrected chi connectivity index (χ1v) is 3.66. The molecule has 2 atom stereocenters. The SMILES string of the molecule is CC1CC(=O)N/C(=N/N)C1C#N. The number of hydrazone groups is 1. The molecule has 1 rings (SSSR count). The lowest BCUT2D eigenvalue weighted by molar-refractivity contribution is -0.121. The Labute approximate surface area is 70.2 Å². The van der Waals surface area contributed by atoms with Crippen LogP contribution in [0.4, 0.5) is 0 Å². The second kappa shape index (κ2) is 3.22. The first kappa shape index (κ1) is 8.53. The maximum absolute atomic E-state index is 10.9. The second-order valence-corrected chi connectivity index (χ2v) is 2.85. The van der Waals surface area contributed by atoms with Gasteiger partial charge in [0.25, 0.3) is 0 Å². The number of amidine groups is 1. The smallest absolute Gasteiger partial charge is 0.225 e. The van der Waals surface area contributed by atoms with E-state index in [4.69, 9.17) is 11.1 Å². The van der Waals surface area contributed by atoms with Crippen LogP contribution in [0.15, 0.2) is 5.10 Å². The van der Waals surface area contributed by atoms with E-state index >= 15 is 0 Å². The molecule has 0 aromatic carbocycles. The van der Waals surface area contributed by atoms with Crippen LogP contribution in [0.2, 0.25) is 0 Å². The number of nitrogens with one attached hydrogen (secondary N) is 1. The van der Waals surface area contributed by atoms with Gasteiger partial charge in [-0.1, -0.05) is 6.92 Å². The van der Waals surface area contributed by atoms with Crippen molar-refractivity contribution in [3.05, 3.63) is 0 Å². The molecule has 64 valence electrons. The third-order valence-corrected chi connectivity index (χ3v) is 1.92. The molecule has 1 amide bonds. The van der Waals surface area contributed by atoms with Gasteiger partial charge in [0.05, 0.1) is 6.07 Å². The number of amides is 1. The molecule has 3 N–H and O–H groups in total. The molecule has 5 nitrogen and oxygen atoms in total. The zero-order valence-corrected chi connectivity index (χ0v) is 6.74. The average molecular weight is 166 g/mol. The number of carbonyl (C=O) groups excluding carboxylic acids is 1. The van der Waals surface area contributed by atoms with E-state index in [1.807, 2.05) is 13.0 Å². The molecular weight excluding hydrogens is 156 g/mol. The van der Waals surface area contributed by atoms with Gasteiger partial charge in [0.2, 0.25) is 5.91 Å². The topological polar surface area (TPSA) is 91.3 Å². The van der Waals surface area contributed by atoms with Crippen molar-refractivity contribution in [2.45, 2.75) is 13.3 Å². The van der Waals surface area contributed by atoms with Crippen LogP contribution in [-0.2, 0) is 4.79 Å². The van der Waals surface area contributed by atoms with E-state index in [9.17, 15) is 4.79 Å². The minimum Gasteiger partial charge on any atom is -0.322 e. The molecule has 0 aromatic heterocycles. The van der Waals surface area contributed by atoms with Gasteiger partial charge in [-0.15, -0.1) is 0 Å². The molecule has 0 saturated carbocycles. The van der Waals surface area contributed by atoms with E-state index in [1.165, 1.54) is 0 Å². The van der Waals surface area contributed by atoms with Gasteiger partial charge >= 0.3 is 0 Å². The molecule has 1 saturated heterocycles. The highest BCUT2D eigenvalue weighted by molar-refractivity contribution is 6.02. The molecule has 1 aliphatic heterocycles. The summed E-state index contributed by atoms with van der Waals surface area (Å²) in [6.07, 6.45) is 0.358. The van der Waals surface area contributed by atoms with Gasteiger partial charge in [0.1, 0.15) is 11.8 Å². The van der Waals surface area contributed by atoms with Gasteiger partial charge in [-0.3, -0.25) is 4.79 Å². The van der Waals surface area contributed by atoms with Crippen molar-refractivity contribution in [3.63, 3.8) is 0 Å². The van der Waals surface area contributed by atoms with Crippen molar-refractivity contribution >= 4 is 11.7 Å². The minimum absolute atomic E-state index is 0.00829. The van der Waals surface area contributed by atoms with Crippen molar-refractivity contribution in [1.82, 2.24) is 5.32 Å². The Hall–Kier alpha value is -1.57. The minimum atomic E-state index is -0.382. The lowest BCUT2D eigenvalue weighted by Crippen LogP contribution is -2.45. The van der Waals surface area contributed by atoms with Crippen molar-refractivity contribution in [1.29, 1.82) is 5.26 Å². The highest BCUT2D eigenvalue weighted by Crippen LogP contribution is 2.19. The van der Waals surface area contributed by atoms with Gasteiger partial charge < -0.3 is 11.2 Å². The van der Waals surface area contributed by atoms with Crippen LogP contribution < -0.4 is 11.2 Å². The van der Waals surface area contributed by atoms with Crippen molar-refractivity contribution < 1.29 is 4.79 Å². The van der Waals surface area contributed by atoms with Gasteiger partial charge in [-0.2, -0.15) is 10.4 Å². The summed E-state index contributed by atoms with van der Waals surface area (Å²) in [4.78, 5) is 10.9. The molecule has 1 aliphatic rings. The molecule has 1 fully saturated rings. The Kier molecular flexibility index (Phi) is 2.29. The molecule has 0 aliphatic carbocycles. The fourth-order valence-corrected chi connectivity index (χ4v) is 1.25. The number of hydrogen-bond donors (Lipinski definition) is 2. The van der Waals surface area contributed by atoms with E-state index in [-0.39, 0.29) is 23.6 Å². The summed E-state index contributed by atoms with van der Waals surface area (Å²) in [6, 6.07) is 2.05. The summed E-state index contributed by atoms with van der Waals surface area (Å²) in [5, 5.41) is 14.5. The van der Waals surface area contributed by atoms with E-state index in [2.05, 4.69) is 10.4 Å². The molecule has 0 spiro atoms. The lowest BCUT2D eigenvalue weighted by atomic mass is 9.88. The van der Waals surface area contributed by atoms with E-state index < -0.39 is 0 Å². The fourth-order valence-electron chi connectivity index (χ4n) is 1.25. The summed E-state index contributed by atoms with van der Waals surface area (Å²) in [6.45, 7) is 1.83. The third-order valence-electron chi connectivity index (χ3n) is 1.92. The first-order valence-electron chi connectivity index (χ1n) is 3.66. The van der Waals surface area contributed by atoms with Gasteiger partial charge in [-0.05, 0) is 5.92 Å². The second-order valence-electron chi connectivity index (χ2n) is 2.85. The fraction of sp³-hybridized carbons (Fsp3) is 0.571. The zero-order chi connectivity index (χ0) is 9.14. The molecule has 0 radical (unpaired) electrons. The Balaban J connectivity index is 2.86. The maximum Gasteiger partial charge on any atom is 0.225 e. The number of nitrogens with two attached hydrogens (primary N) is 1. The zero-order valence-electron chi connectivity index (χ0n) is 6.74. The summed E-state index contributed by atoms with van der Waals surface area (Å²) >= 11 is 0. The standard InChI is InChI=1S/C7H10N4O/c1-4-2-6(12)10-7(11-9)5(4)3-8/h4-5H,2,9H2,1H3,(H,10,11,12). The Morgan fingerprint density at radius 2 is 2.50 bits per heavy atom. The van der Waals surface area contributed by atoms with Crippen LogP contribution >= 0.6 is 0 Å². The molecule has 5 heteroatoms. The Morgan fingerprint density at radius 1 is 1.83 bits per heavy atom. The normalized spacial score (nSPS) is 32.7. The van der Waals surface area contributed by atoms with E-state index in [0.29, 0.717) is 6.42 Å². The van der Waals surface area contributed by atoms with E-state index in [1.54, 1.807) is 0 Å². The molecular formula is C7H10N4O. The molecule has 2 unspecified atom stereocenters. The highest BCUT2D eigenvalue weighted by Gasteiger charge is 2.31. The molecule has 0 aromatic rings. The van der Waals surface area contributed by atoms with Crippen molar-refractivity contribution in [2.24, 2.45) is 22.8 Å². The number of rotatable bonds is 0. The average Bonchev–Trinajstić information content (AvgIpc) is 2.03. The summed E-state index contributed by atoms with van der Waals surface area (Å²) in [5.74, 6) is 4.78. The van der Waals surface area contributed by atoms with E-state index in [0.717, 1.165) is 0 Å². The number of nitriles is 1. The highest BCUT2D eigenvalue weighted by atomic mass is 16.1. The van der Waals surface area contributed by atoms with Crippen LogP contribution in [0.3, 0.4) is 0 Å². The number of hydrogen-bond acceptors (Lipinski definition) is 4. The number of piperidine rings is 1. The number of nitrogens with zero attached hydrogens (tertiary/aromatic N) is 2. The molecule has 1 heterocycles. The first-order chi connectivity index (χ1) is 5.69. The molecule has 12 heavy (non-hydrogen) atoms. The van der Waals surface area contributed by atoms with Crippen LogP contribution in [0, 0.1) is 23.2 Å². The number of carbonyl (C=O) groups is 1. The summed E-state index contributed by atoms with van der Waals surface area (Å²) in [5.41, 5.74) is 0. The monoisotopic (exact) mass is 166 g/mol. The maximum atomic E-state index is 10.9. The van der Waals surface area contributed by atoms with Gasteiger partial charge in [-0.25, -0.2) is 0 Å². The van der Waals surface area contributed by atoms with Crippen molar-refractivity contribution in [2.75, 3.05) is 0 Å². The van der Waals surface area contributed by atoms with Crippen molar-refractivity contribution in [3.8, 4) is 6.07 Å². The third kappa shape index (κ3) is 1.37. The largest absolute Gasteiger partial charge is 0.322 e. The predicted molar refractivity (Wildman–Crippen MR) is 42.6 cm³/mol. The quantitative estimate of drug-likeness (QED) is 0.377. The predicted octanol–water partition coefficient (Wildman–Crippen LogP) is -0.446. The van der Waals surface area contributed by atoms with Crippen LogP contribution in [0.25, 0.3) is 0 Å². The van der Waals surface area contributed by atoms with Gasteiger partial charge in [0, 0.05) is 6.42 Å². The molecule has 0 bridgehead atoms. The van der Waals surface area contributed by atoms with Crippen LogP contribution in [0.1, 0.15) is 13.3 Å². The summed E-state index contributed by atoms with van der Waals surface area (Å²) < 4.78 is 0. The van der Waals surface area contributed by atoms with Crippen LogP contribution in [0.5, 0.6) is 0 Å². The van der Waals surface area contributed by atoms with Gasteiger partial charge in [0.15, 0.2) is 0 Å². The Bertz CT molecular complexity index is 265. The lowest BCUT2D eigenvalue weighted by Gasteiger charge is -2.24. The summed E-state index contributed by atoms with van der Waals surface area (Å²) in [7, 11) is 0.